The van der Waals surface area contributed by atoms with E-state index in [1.807, 2.05) is 0 Å². The second-order valence-corrected chi connectivity index (χ2v) is 13.4. The molecule has 4 aliphatic carbocycles. The maximum absolute atomic E-state index is 12.5. The number of ketones is 1. The van der Waals surface area contributed by atoms with Crippen molar-refractivity contribution in [3.8, 4) is 0 Å². The summed E-state index contributed by atoms with van der Waals surface area (Å²) in [6.07, 6.45) is 13.3. The van der Waals surface area contributed by atoms with Crippen LogP contribution in [-0.2, 0) is 14.3 Å². The van der Waals surface area contributed by atoms with Gasteiger partial charge in [0.1, 0.15) is 5.78 Å². The highest BCUT2D eigenvalue weighted by atomic mass is 16.7. The Bertz CT molecular complexity index is 709. The SMILES string of the molecule is CC(C)CCC[C@H](C)[C@H]1CC[C@H]2[C@@H]3CC4(OCCO4)[C@H]4CC(=O)CC[C@]4(C)[C@H]3CC[C@]12C. The quantitative estimate of drug-likeness (QED) is 0.456. The van der Waals surface area contributed by atoms with Crippen LogP contribution in [0, 0.1) is 52.3 Å². The van der Waals surface area contributed by atoms with E-state index in [1.54, 1.807) is 0 Å². The molecule has 0 amide bonds. The van der Waals surface area contributed by atoms with E-state index in [-0.39, 0.29) is 11.3 Å². The zero-order valence-corrected chi connectivity index (χ0v) is 21.5. The minimum absolute atomic E-state index is 0.198. The lowest BCUT2D eigenvalue weighted by atomic mass is 9.43. The van der Waals surface area contributed by atoms with Crippen molar-refractivity contribution in [2.75, 3.05) is 13.2 Å². The predicted octanol–water partition coefficient (Wildman–Crippen LogP) is 7.03. The molecular formula is C29H48O3. The van der Waals surface area contributed by atoms with Crippen molar-refractivity contribution >= 4 is 5.78 Å². The third kappa shape index (κ3) is 3.55. The zero-order valence-electron chi connectivity index (χ0n) is 21.5. The first-order valence-electron chi connectivity index (χ1n) is 14.0. The summed E-state index contributed by atoms with van der Waals surface area (Å²) in [5, 5.41) is 0. The van der Waals surface area contributed by atoms with Crippen molar-refractivity contribution in [2.24, 2.45) is 52.3 Å². The van der Waals surface area contributed by atoms with Crippen LogP contribution >= 0.6 is 0 Å². The minimum Gasteiger partial charge on any atom is -0.347 e. The molecule has 1 spiro atoms. The second kappa shape index (κ2) is 8.36. The Balaban J connectivity index is 1.40. The zero-order chi connectivity index (χ0) is 22.7. The summed E-state index contributed by atoms with van der Waals surface area (Å²) >= 11 is 0. The number of rotatable bonds is 5. The van der Waals surface area contributed by atoms with Gasteiger partial charge < -0.3 is 9.47 Å². The first kappa shape index (κ1) is 23.3. The van der Waals surface area contributed by atoms with Crippen LogP contribution in [0.25, 0.3) is 0 Å². The van der Waals surface area contributed by atoms with Gasteiger partial charge in [0, 0.05) is 25.2 Å². The monoisotopic (exact) mass is 444 g/mol. The van der Waals surface area contributed by atoms with Gasteiger partial charge in [0.05, 0.1) is 13.2 Å². The molecule has 182 valence electrons. The first-order valence-corrected chi connectivity index (χ1v) is 14.0. The van der Waals surface area contributed by atoms with Crippen LogP contribution in [0.15, 0.2) is 0 Å². The maximum atomic E-state index is 12.5. The number of carbonyl (C=O) groups is 1. The Hall–Kier alpha value is -0.410. The number of ether oxygens (including phenoxy) is 2. The maximum Gasteiger partial charge on any atom is 0.172 e. The molecule has 4 saturated carbocycles. The van der Waals surface area contributed by atoms with Gasteiger partial charge in [0.2, 0.25) is 0 Å². The lowest BCUT2D eigenvalue weighted by molar-refractivity contribution is -0.289. The van der Waals surface area contributed by atoms with Gasteiger partial charge in [-0.3, -0.25) is 4.79 Å². The van der Waals surface area contributed by atoms with Crippen molar-refractivity contribution in [1.29, 1.82) is 0 Å². The third-order valence-corrected chi connectivity index (χ3v) is 11.5. The van der Waals surface area contributed by atoms with Crippen LogP contribution in [0.2, 0.25) is 0 Å². The van der Waals surface area contributed by atoms with E-state index in [0.29, 0.717) is 36.8 Å². The molecule has 1 saturated heterocycles. The summed E-state index contributed by atoms with van der Waals surface area (Å²) < 4.78 is 12.9. The van der Waals surface area contributed by atoms with E-state index in [2.05, 4.69) is 34.6 Å². The average Bonchev–Trinajstić information content (AvgIpc) is 3.34. The predicted molar refractivity (Wildman–Crippen MR) is 128 cm³/mol. The van der Waals surface area contributed by atoms with Gasteiger partial charge in [-0.05, 0) is 78.4 Å². The van der Waals surface area contributed by atoms with Crippen LogP contribution in [-0.4, -0.2) is 24.8 Å². The van der Waals surface area contributed by atoms with E-state index in [9.17, 15) is 4.79 Å². The molecule has 0 N–H and O–H groups in total. The van der Waals surface area contributed by atoms with Crippen molar-refractivity contribution in [3.05, 3.63) is 0 Å². The molecule has 3 nitrogen and oxygen atoms in total. The van der Waals surface area contributed by atoms with E-state index < -0.39 is 5.79 Å². The van der Waals surface area contributed by atoms with Crippen molar-refractivity contribution in [3.63, 3.8) is 0 Å². The Morgan fingerprint density at radius 3 is 2.38 bits per heavy atom. The van der Waals surface area contributed by atoms with E-state index in [4.69, 9.17) is 9.47 Å². The fourth-order valence-corrected chi connectivity index (χ4v) is 9.92. The second-order valence-electron chi connectivity index (χ2n) is 13.4. The molecule has 0 unspecified atom stereocenters. The molecule has 32 heavy (non-hydrogen) atoms. The van der Waals surface area contributed by atoms with Crippen LogP contribution in [0.1, 0.15) is 105 Å². The number of fused-ring (bicyclic) bond motifs is 6. The van der Waals surface area contributed by atoms with E-state index in [1.165, 1.54) is 44.9 Å². The largest absolute Gasteiger partial charge is 0.347 e. The highest BCUT2D eigenvalue weighted by Crippen LogP contribution is 2.70. The Morgan fingerprint density at radius 1 is 0.938 bits per heavy atom. The fraction of sp³-hybridized carbons (Fsp3) is 0.966. The molecule has 8 atom stereocenters. The summed E-state index contributed by atoms with van der Waals surface area (Å²) in [4.78, 5) is 12.5. The summed E-state index contributed by atoms with van der Waals surface area (Å²) in [6.45, 7) is 13.9. The number of hydrogen-bond acceptors (Lipinski definition) is 3. The topological polar surface area (TPSA) is 35.5 Å². The Labute approximate surface area is 196 Å². The van der Waals surface area contributed by atoms with Crippen molar-refractivity contribution in [2.45, 2.75) is 111 Å². The normalized spacial score (nSPS) is 46.2. The van der Waals surface area contributed by atoms with Gasteiger partial charge in [-0.1, -0.05) is 53.9 Å². The molecule has 1 heterocycles. The molecular weight excluding hydrogens is 396 g/mol. The average molecular weight is 445 g/mol. The molecule has 5 rings (SSSR count). The Morgan fingerprint density at radius 2 is 1.66 bits per heavy atom. The standard InChI is InChI=1S/C29H48O3/c1-19(2)7-6-8-20(3)23-9-10-24-22-18-29(31-15-16-32-29)26-17-21(30)11-13-28(26,5)25(22)12-14-27(23,24)4/h19-20,22-26H,6-18H2,1-5H3/t20-,22-,23+,24-,25-,26-,27+,28+/m0/s1. The van der Waals surface area contributed by atoms with Crippen LogP contribution < -0.4 is 0 Å². The van der Waals surface area contributed by atoms with Gasteiger partial charge in [0.25, 0.3) is 0 Å². The molecule has 1 aliphatic heterocycles. The summed E-state index contributed by atoms with van der Waals surface area (Å²) in [6, 6.07) is 0. The van der Waals surface area contributed by atoms with Gasteiger partial charge in [-0.25, -0.2) is 0 Å². The highest BCUT2D eigenvalue weighted by Gasteiger charge is 2.67. The van der Waals surface area contributed by atoms with Gasteiger partial charge in [0.15, 0.2) is 5.79 Å². The molecule has 3 heteroatoms. The van der Waals surface area contributed by atoms with Crippen LogP contribution in [0.3, 0.4) is 0 Å². The van der Waals surface area contributed by atoms with Crippen LogP contribution in [0.5, 0.6) is 0 Å². The van der Waals surface area contributed by atoms with Gasteiger partial charge in [-0.2, -0.15) is 0 Å². The molecule has 0 aromatic carbocycles. The molecule has 0 radical (unpaired) electrons. The molecule has 5 aliphatic rings. The lowest BCUT2D eigenvalue weighted by Crippen LogP contribution is -2.63. The molecule has 0 aromatic heterocycles. The molecule has 0 bridgehead atoms. The smallest absolute Gasteiger partial charge is 0.172 e. The highest BCUT2D eigenvalue weighted by molar-refractivity contribution is 5.80. The first-order chi connectivity index (χ1) is 15.2. The molecule has 0 aromatic rings. The minimum atomic E-state index is -0.481. The lowest BCUT2D eigenvalue weighted by Gasteiger charge is -2.64. The van der Waals surface area contributed by atoms with Crippen molar-refractivity contribution in [1.82, 2.24) is 0 Å². The van der Waals surface area contributed by atoms with Gasteiger partial charge >= 0.3 is 0 Å². The fourth-order valence-electron chi connectivity index (χ4n) is 9.92. The number of Topliss-reactive ketones (excluding diaryl/α,β-unsaturated/α-hetero) is 1. The van der Waals surface area contributed by atoms with Crippen molar-refractivity contribution < 1.29 is 14.3 Å². The summed E-state index contributed by atoms with van der Waals surface area (Å²) in [5.74, 6) is 5.00. The number of carbonyl (C=O) groups excluding carboxylic acids is 1. The molecule has 5 fully saturated rings. The summed E-state index contributed by atoms with van der Waals surface area (Å²) in [7, 11) is 0. The van der Waals surface area contributed by atoms with E-state index in [0.717, 1.165) is 48.9 Å². The van der Waals surface area contributed by atoms with E-state index >= 15 is 0 Å². The third-order valence-electron chi connectivity index (χ3n) is 11.5. The van der Waals surface area contributed by atoms with Gasteiger partial charge in [-0.15, -0.1) is 0 Å². The number of hydrogen-bond donors (Lipinski definition) is 0. The van der Waals surface area contributed by atoms with Crippen LogP contribution in [0.4, 0.5) is 0 Å². The summed E-state index contributed by atoms with van der Waals surface area (Å²) in [5.41, 5.74) is 0.676. The Kier molecular flexibility index (Phi) is 6.10.